The van der Waals surface area contributed by atoms with Crippen molar-refractivity contribution in [3.63, 3.8) is 0 Å². The molecule has 2 aromatic heterocycles. The van der Waals surface area contributed by atoms with Crippen LogP contribution in [-0.2, 0) is 17.9 Å². The van der Waals surface area contributed by atoms with Crippen LogP contribution in [0.5, 0.6) is 0 Å². The van der Waals surface area contributed by atoms with Gasteiger partial charge < -0.3 is 0 Å². The second-order valence-electron chi connectivity index (χ2n) is 5.78. The maximum absolute atomic E-state index is 13.1. The van der Waals surface area contributed by atoms with Crippen LogP contribution in [0.15, 0.2) is 30.6 Å². The molecule has 0 radical (unpaired) electrons. The van der Waals surface area contributed by atoms with Gasteiger partial charge in [-0.15, -0.1) is 5.10 Å². The number of nitrogens with zero attached hydrogens (tertiary/aromatic N) is 5. The number of rotatable bonds is 7. The Morgan fingerprint density at radius 1 is 1.07 bits per heavy atom. The Labute approximate surface area is 171 Å². The molecule has 0 saturated carbocycles. The van der Waals surface area contributed by atoms with Crippen molar-refractivity contribution in [2.24, 2.45) is 0 Å². The van der Waals surface area contributed by atoms with E-state index in [1.54, 1.807) is 24.3 Å². The van der Waals surface area contributed by atoms with Crippen molar-refractivity contribution < 1.29 is 22.4 Å². The van der Waals surface area contributed by atoms with Gasteiger partial charge in [0.2, 0.25) is 11.9 Å². The largest absolute Gasteiger partial charge is 0.292 e. The third kappa shape index (κ3) is 5.04. The molecule has 13 heteroatoms. The summed E-state index contributed by atoms with van der Waals surface area (Å²) < 4.78 is 53.8. The maximum atomic E-state index is 13.1. The van der Waals surface area contributed by atoms with Crippen LogP contribution < -0.4 is 5.32 Å². The average Bonchev–Trinajstić information content (AvgIpc) is 3.20. The molecule has 2 heterocycles. The van der Waals surface area contributed by atoms with Crippen LogP contribution in [0, 0.1) is 0 Å². The lowest BCUT2D eigenvalue weighted by Crippen LogP contribution is -2.22. The number of hydrogen-bond acceptors (Lipinski definition) is 4. The smallest absolute Gasteiger partial charge is 0.283 e. The molecule has 0 aliphatic heterocycles. The fraction of sp³-hybridized carbons (Fsp3) is 0.250. The predicted octanol–water partition coefficient (Wildman–Crippen LogP) is 4.34. The first-order chi connectivity index (χ1) is 13.7. The summed E-state index contributed by atoms with van der Waals surface area (Å²) in [5.74, 6) is -0.925. The number of carbonyl (C=O) groups is 1. The normalized spacial score (nSPS) is 11.4. The van der Waals surface area contributed by atoms with Crippen LogP contribution in [-0.4, -0.2) is 30.5 Å². The van der Waals surface area contributed by atoms with Gasteiger partial charge in [-0.05, 0) is 17.7 Å². The fourth-order valence-electron chi connectivity index (χ4n) is 2.45. The van der Waals surface area contributed by atoms with E-state index in [4.69, 9.17) is 23.2 Å². The van der Waals surface area contributed by atoms with Crippen molar-refractivity contribution in [1.82, 2.24) is 24.5 Å². The zero-order chi connectivity index (χ0) is 21.1. The second-order valence-corrected chi connectivity index (χ2v) is 6.60. The Morgan fingerprint density at radius 2 is 1.76 bits per heavy atom. The highest BCUT2D eigenvalue weighted by Gasteiger charge is 2.28. The highest BCUT2D eigenvalue weighted by Crippen LogP contribution is 2.34. The molecule has 29 heavy (non-hydrogen) atoms. The van der Waals surface area contributed by atoms with Crippen molar-refractivity contribution in [2.45, 2.75) is 25.9 Å². The minimum absolute atomic E-state index is 0.0881. The van der Waals surface area contributed by atoms with E-state index < -0.39 is 41.7 Å². The zero-order valence-electron chi connectivity index (χ0n) is 14.4. The van der Waals surface area contributed by atoms with Gasteiger partial charge in [0.15, 0.2) is 0 Å². The first-order valence-corrected chi connectivity index (χ1v) is 8.76. The van der Waals surface area contributed by atoms with E-state index >= 15 is 0 Å². The SMILES string of the molecule is O=C(Cn1nc(C(F)F)c(Cl)c1C(F)F)Nc1ncn(Cc2ccc(Cl)cc2)n1. The topological polar surface area (TPSA) is 77.6 Å². The fourth-order valence-corrected chi connectivity index (χ4v) is 2.87. The van der Waals surface area contributed by atoms with Crippen molar-refractivity contribution in [3.05, 3.63) is 57.6 Å². The minimum Gasteiger partial charge on any atom is -0.292 e. The van der Waals surface area contributed by atoms with Crippen LogP contribution >= 0.6 is 23.2 Å². The van der Waals surface area contributed by atoms with Gasteiger partial charge in [0.05, 0.1) is 11.6 Å². The number of anilines is 1. The maximum Gasteiger partial charge on any atom is 0.283 e. The third-order valence-corrected chi connectivity index (χ3v) is 4.35. The third-order valence-electron chi connectivity index (χ3n) is 3.71. The number of aromatic nitrogens is 5. The number of nitrogens with one attached hydrogen (secondary N) is 1. The van der Waals surface area contributed by atoms with Crippen LogP contribution in [0.2, 0.25) is 10.0 Å². The van der Waals surface area contributed by atoms with Crippen molar-refractivity contribution in [2.75, 3.05) is 5.32 Å². The Bertz CT molecular complexity index is 1010. The van der Waals surface area contributed by atoms with E-state index in [1.165, 1.54) is 11.0 Å². The highest BCUT2D eigenvalue weighted by atomic mass is 35.5. The standard InChI is InChI=1S/C16H12Cl2F4N6O/c17-9-3-1-8(2-4-9)5-27-7-23-16(26-27)24-10(29)6-28-13(15(21)22)11(18)12(25-28)14(19)20/h1-4,7,14-15H,5-6H2,(H,24,26,29). The summed E-state index contributed by atoms with van der Waals surface area (Å²) in [5.41, 5.74) is -1.09. The van der Waals surface area contributed by atoms with Crippen LogP contribution in [0.4, 0.5) is 23.5 Å². The Morgan fingerprint density at radius 3 is 2.38 bits per heavy atom. The Kier molecular flexibility index (Phi) is 6.38. The monoisotopic (exact) mass is 450 g/mol. The van der Waals surface area contributed by atoms with E-state index in [1.807, 2.05) is 0 Å². The lowest BCUT2D eigenvalue weighted by molar-refractivity contribution is -0.117. The van der Waals surface area contributed by atoms with Gasteiger partial charge in [-0.3, -0.25) is 14.8 Å². The van der Waals surface area contributed by atoms with E-state index in [-0.39, 0.29) is 5.95 Å². The molecule has 1 aromatic carbocycles. The summed E-state index contributed by atoms with van der Waals surface area (Å²) >= 11 is 11.4. The molecule has 3 rings (SSSR count). The molecule has 0 aliphatic carbocycles. The molecule has 0 aliphatic rings. The second kappa shape index (κ2) is 8.78. The summed E-state index contributed by atoms with van der Waals surface area (Å²) in [6.45, 7) is -0.417. The average molecular weight is 451 g/mol. The molecule has 0 unspecified atom stereocenters. The molecule has 0 atom stereocenters. The molecule has 0 saturated heterocycles. The lowest BCUT2D eigenvalue weighted by atomic mass is 10.2. The predicted molar refractivity (Wildman–Crippen MR) is 96.4 cm³/mol. The lowest BCUT2D eigenvalue weighted by Gasteiger charge is -2.06. The van der Waals surface area contributed by atoms with Gasteiger partial charge in [-0.1, -0.05) is 35.3 Å². The van der Waals surface area contributed by atoms with Gasteiger partial charge in [0, 0.05) is 5.02 Å². The summed E-state index contributed by atoms with van der Waals surface area (Å²) in [6, 6.07) is 6.99. The molecular weight excluding hydrogens is 439 g/mol. The van der Waals surface area contributed by atoms with Crippen molar-refractivity contribution in [3.8, 4) is 0 Å². The molecular formula is C16H12Cl2F4N6O. The molecule has 3 aromatic rings. The molecule has 1 N–H and O–H groups in total. The summed E-state index contributed by atoms with van der Waals surface area (Å²) in [6.07, 6.45) is -4.99. The van der Waals surface area contributed by atoms with Crippen molar-refractivity contribution in [1.29, 1.82) is 0 Å². The molecule has 7 nitrogen and oxygen atoms in total. The number of benzene rings is 1. The minimum atomic E-state index is -3.19. The number of alkyl halides is 4. The van der Waals surface area contributed by atoms with E-state index in [0.29, 0.717) is 16.2 Å². The van der Waals surface area contributed by atoms with Gasteiger partial charge in [0.1, 0.15) is 24.3 Å². The summed E-state index contributed by atoms with van der Waals surface area (Å²) in [5, 5.41) is 9.36. The first kappa shape index (κ1) is 21.1. The van der Waals surface area contributed by atoms with Crippen LogP contribution in [0.25, 0.3) is 0 Å². The molecule has 1 amide bonds. The van der Waals surface area contributed by atoms with E-state index in [9.17, 15) is 22.4 Å². The highest BCUT2D eigenvalue weighted by molar-refractivity contribution is 6.32. The first-order valence-electron chi connectivity index (χ1n) is 8.00. The number of carbonyl (C=O) groups excluding carboxylic acids is 1. The Balaban J connectivity index is 1.68. The van der Waals surface area contributed by atoms with Gasteiger partial charge in [0.25, 0.3) is 12.9 Å². The van der Waals surface area contributed by atoms with Crippen molar-refractivity contribution >= 4 is 35.1 Å². The van der Waals surface area contributed by atoms with Gasteiger partial charge in [-0.2, -0.15) is 5.10 Å². The van der Waals surface area contributed by atoms with Crippen LogP contribution in [0.1, 0.15) is 29.8 Å². The van der Waals surface area contributed by atoms with E-state index in [0.717, 1.165) is 5.56 Å². The van der Waals surface area contributed by atoms with Gasteiger partial charge in [-0.25, -0.2) is 27.2 Å². The van der Waals surface area contributed by atoms with Gasteiger partial charge >= 0.3 is 0 Å². The number of amides is 1. The number of halogens is 6. The summed E-state index contributed by atoms with van der Waals surface area (Å²) in [7, 11) is 0. The molecule has 0 fully saturated rings. The van der Waals surface area contributed by atoms with E-state index in [2.05, 4.69) is 20.5 Å². The van der Waals surface area contributed by atoms with Crippen LogP contribution in [0.3, 0.4) is 0 Å². The molecule has 154 valence electrons. The zero-order valence-corrected chi connectivity index (χ0v) is 15.9. The summed E-state index contributed by atoms with van der Waals surface area (Å²) in [4.78, 5) is 16.0. The molecule has 0 bridgehead atoms. The molecule has 0 spiro atoms. The Hall–Kier alpha value is -2.66. The quantitative estimate of drug-likeness (QED) is 0.543. The number of hydrogen-bond donors (Lipinski definition) is 1.